The first-order chi connectivity index (χ1) is 6.50. The topological polar surface area (TPSA) is 66.4 Å². The Balaban J connectivity index is 2.87. The van der Waals surface area contributed by atoms with E-state index >= 15 is 0 Å². The zero-order chi connectivity index (χ0) is 10.7. The maximum absolute atomic E-state index is 12.6. The largest absolute Gasteiger partial charge is 0.474 e. The van der Waals surface area contributed by atoms with Crippen molar-refractivity contribution in [1.82, 2.24) is 0 Å². The van der Waals surface area contributed by atoms with Crippen LogP contribution in [0.25, 0.3) is 0 Å². The number of nitrogens with one attached hydrogen (secondary N) is 1. The molecule has 14 heavy (non-hydrogen) atoms. The van der Waals surface area contributed by atoms with Crippen LogP contribution in [-0.4, -0.2) is 17.0 Å². The van der Waals surface area contributed by atoms with Gasteiger partial charge in [0.2, 0.25) is 0 Å². The van der Waals surface area contributed by atoms with Crippen molar-refractivity contribution in [2.75, 3.05) is 5.32 Å². The Hall–Kier alpha value is -1.43. The zero-order valence-corrected chi connectivity index (χ0v) is 8.34. The molecule has 0 unspecified atom stereocenters. The number of carboxylic acid groups (broad SMARTS) is 1. The van der Waals surface area contributed by atoms with Crippen molar-refractivity contribution in [2.24, 2.45) is 0 Å². The Morgan fingerprint density at radius 3 is 2.57 bits per heavy atom. The summed E-state index contributed by atoms with van der Waals surface area (Å²) in [6.07, 6.45) is 0. The molecule has 6 heteroatoms. The van der Waals surface area contributed by atoms with Gasteiger partial charge >= 0.3 is 11.9 Å². The van der Waals surface area contributed by atoms with Crippen molar-refractivity contribution >= 4 is 33.5 Å². The molecule has 0 saturated carbocycles. The second kappa shape index (κ2) is 4.19. The Labute approximate surface area is 86.9 Å². The van der Waals surface area contributed by atoms with Crippen LogP contribution in [0, 0.1) is 5.82 Å². The van der Waals surface area contributed by atoms with E-state index in [1.807, 2.05) is 0 Å². The summed E-state index contributed by atoms with van der Waals surface area (Å²) < 4.78 is 12.9. The van der Waals surface area contributed by atoms with Crippen LogP contribution < -0.4 is 5.32 Å². The predicted molar refractivity (Wildman–Crippen MR) is 50.4 cm³/mol. The van der Waals surface area contributed by atoms with E-state index in [0.717, 1.165) is 12.1 Å². The maximum Gasteiger partial charge on any atom is 0.394 e. The fourth-order valence-electron chi connectivity index (χ4n) is 0.767. The van der Waals surface area contributed by atoms with Gasteiger partial charge in [-0.3, -0.25) is 4.79 Å². The first kappa shape index (κ1) is 10.6. The van der Waals surface area contributed by atoms with Gasteiger partial charge in [0.05, 0.1) is 5.69 Å². The number of hydrogen-bond donors (Lipinski definition) is 2. The highest BCUT2D eigenvalue weighted by Gasteiger charge is 2.12. The lowest BCUT2D eigenvalue weighted by atomic mass is 10.3. The van der Waals surface area contributed by atoms with E-state index in [0.29, 0.717) is 0 Å². The second-order valence-electron chi connectivity index (χ2n) is 2.38. The number of amides is 1. The Morgan fingerprint density at radius 2 is 2.07 bits per heavy atom. The molecule has 4 nitrogen and oxygen atoms in total. The third-order valence-corrected chi connectivity index (χ3v) is 2.03. The van der Waals surface area contributed by atoms with Gasteiger partial charge in [0.25, 0.3) is 0 Å². The summed E-state index contributed by atoms with van der Waals surface area (Å²) >= 11 is 2.98. The molecule has 2 N–H and O–H groups in total. The van der Waals surface area contributed by atoms with Gasteiger partial charge in [0.15, 0.2) is 0 Å². The van der Waals surface area contributed by atoms with Crippen LogP contribution in [0.3, 0.4) is 0 Å². The van der Waals surface area contributed by atoms with Gasteiger partial charge in [-0.15, -0.1) is 0 Å². The van der Waals surface area contributed by atoms with Crippen molar-refractivity contribution in [1.29, 1.82) is 0 Å². The van der Waals surface area contributed by atoms with E-state index < -0.39 is 17.7 Å². The highest BCUT2D eigenvalue weighted by molar-refractivity contribution is 9.10. The first-order valence-corrected chi connectivity index (χ1v) is 4.29. The van der Waals surface area contributed by atoms with Crippen molar-refractivity contribution in [3.8, 4) is 0 Å². The summed E-state index contributed by atoms with van der Waals surface area (Å²) in [4.78, 5) is 20.9. The van der Waals surface area contributed by atoms with Gasteiger partial charge in [-0.1, -0.05) is 0 Å². The van der Waals surface area contributed by atoms with E-state index in [9.17, 15) is 14.0 Å². The standard InChI is InChI=1S/C8H5BrFNO3/c9-5-3-4(10)1-2-6(5)11-7(12)8(13)14/h1-3H,(H,11,12)(H,13,14). The average Bonchev–Trinajstić information content (AvgIpc) is 2.09. The molecule has 0 radical (unpaired) electrons. The highest BCUT2D eigenvalue weighted by Crippen LogP contribution is 2.22. The van der Waals surface area contributed by atoms with E-state index in [2.05, 4.69) is 21.2 Å². The Morgan fingerprint density at radius 1 is 1.43 bits per heavy atom. The van der Waals surface area contributed by atoms with Gasteiger partial charge < -0.3 is 10.4 Å². The minimum Gasteiger partial charge on any atom is -0.474 e. The van der Waals surface area contributed by atoms with Gasteiger partial charge in [0, 0.05) is 4.47 Å². The fourth-order valence-corrected chi connectivity index (χ4v) is 1.22. The second-order valence-corrected chi connectivity index (χ2v) is 3.24. The lowest BCUT2D eigenvalue weighted by Gasteiger charge is -2.03. The molecule has 0 aliphatic heterocycles. The Bertz CT molecular complexity index is 394. The summed E-state index contributed by atoms with van der Waals surface area (Å²) in [5.41, 5.74) is 0.207. The number of hydrogen-bond acceptors (Lipinski definition) is 2. The van der Waals surface area contributed by atoms with Crippen molar-refractivity contribution in [3.05, 3.63) is 28.5 Å². The molecular formula is C8H5BrFNO3. The van der Waals surface area contributed by atoms with Crippen LogP contribution in [-0.2, 0) is 9.59 Å². The number of halogens is 2. The van der Waals surface area contributed by atoms with Crippen molar-refractivity contribution in [3.63, 3.8) is 0 Å². The van der Waals surface area contributed by atoms with Crippen LogP contribution in [0.2, 0.25) is 0 Å². The molecule has 0 bridgehead atoms. The zero-order valence-electron chi connectivity index (χ0n) is 6.75. The van der Waals surface area contributed by atoms with Crippen molar-refractivity contribution in [2.45, 2.75) is 0 Å². The van der Waals surface area contributed by atoms with Crippen LogP contribution in [0.5, 0.6) is 0 Å². The normalized spacial score (nSPS) is 9.57. The molecule has 0 atom stereocenters. The number of aliphatic carboxylic acids is 1. The minimum absolute atomic E-state index is 0.207. The summed E-state index contributed by atoms with van der Waals surface area (Å²) in [5.74, 6) is -3.25. The van der Waals surface area contributed by atoms with Crippen LogP contribution in [0.4, 0.5) is 10.1 Å². The van der Waals surface area contributed by atoms with Gasteiger partial charge in [-0.05, 0) is 34.1 Å². The monoisotopic (exact) mass is 261 g/mol. The number of anilines is 1. The number of benzene rings is 1. The Kier molecular flexibility index (Phi) is 3.19. The lowest BCUT2D eigenvalue weighted by molar-refractivity contribution is -0.147. The number of carbonyl (C=O) groups excluding carboxylic acids is 1. The summed E-state index contributed by atoms with van der Waals surface area (Å²) in [6, 6.07) is 3.50. The molecule has 0 aromatic heterocycles. The quantitative estimate of drug-likeness (QED) is 0.755. The molecule has 0 spiro atoms. The summed E-state index contributed by atoms with van der Waals surface area (Å²) in [6.45, 7) is 0. The van der Waals surface area contributed by atoms with Gasteiger partial charge in [-0.2, -0.15) is 0 Å². The van der Waals surface area contributed by atoms with E-state index in [-0.39, 0.29) is 10.2 Å². The molecule has 1 aromatic rings. The molecule has 0 aliphatic rings. The third-order valence-electron chi connectivity index (χ3n) is 1.37. The molecule has 0 saturated heterocycles. The van der Waals surface area contributed by atoms with E-state index in [1.165, 1.54) is 6.07 Å². The van der Waals surface area contributed by atoms with Gasteiger partial charge in [0.1, 0.15) is 5.82 Å². The molecule has 0 heterocycles. The van der Waals surface area contributed by atoms with Crippen LogP contribution >= 0.6 is 15.9 Å². The molecular weight excluding hydrogens is 257 g/mol. The van der Waals surface area contributed by atoms with E-state index in [1.54, 1.807) is 0 Å². The van der Waals surface area contributed by atoms with Crippen LogP contribution in [0.15, 0.2) is 22.7 Å². The maximum atomic E-state index is 12.6. The molecule has 1 rings (SSSR count). The van der Waals surface area contributed by atoms with Crippen LogP contribution in [0.1, 0.15) is 0 Å². The summed E-state index contributed by atoms with van der Waals surface area (Å²) in [5, 5.41) is 10.4. The molecule has 0 aliphatic carbocycles. The number of carbonyl (C=O) groups is 2. The number of rotatable bonds is 1. The minimum atomic E-state index is -1.60. The lowest BCUT2D eigenvalue weighted by Crippen LogP contribution is -2.21. The van der Waals surface area contributed by atoms with Gasteiger partial charge in [-0.25, -0.2) is 9.18 Å². The first-order valence-electron chi connectivity index (χ1n) is 3.50. The highest BCUT2D eigenvalue weighted by atomic mass is 79.9. The molecule has 1 aromatic carbocycles. The smallest absolute Gasteiger partial charge is 0.394 e. The molecule has 0 fully saturated rings. The molecule has 1 amide bonds. The fraction of sp³-hybridized carbons (Fsp3) is 0. The SMILES string of the molecule is O=C(O)C(=O)Nc1ccc(F)cc1Br. The summed E-state index contributed by atoms with van der Waals surface area (Å²) in [7, 11) is 0. The average molecular weight is 262 g/mol. The van der Waals surface area contributed by atoms with Crippen molar-refractivity contribution < 1.29 is 19.1 Å². The van der Waals surface area contributed by atoms with E-state index in [4.69, 9.17) is 5.11 Å². The third kappa shape index (κ3) is 2.53. The molecule has 74 valence electrons. The predicted octanol–water partition coefficient (Wildman–Crippen LogP) is 1.61. The number of carboxylic acids is 1.